The SMILES string of the molecule is O=C(Oc1cccc(Oc2ccccc2)c1)C(F)(F)F. The fourth-order valence-corrected chi connectivity index (χ4v) is 1.39. The Hall–Kier alpha value is -2.50. The van der Waals surface area contributed by atoms with Crippen LogP contribution in [0.1, 0.15) is 0 Å². The van der Waals surface area contributed by atoms with E-state index >= 15 is 0 Å². The molecule has 3 nitrogen and oxygen atoms in total. The summed E-state index contributed by atoms with van der Waals surface area (Å²) in [6.07, 6.45) is -5.03. The zero-order valence-corrected chi connectivity index (χ0v) is 10.1. The standard InChI is InChI=1S/C14H9F3O3/c15-14(16,17)13(18)20-12-8-4-7-11(9-12)19-10-5-2-1-3-6-10/h1-9H. The van der Waals surface area contributed by atoms with Crippen LogP contribution in [0.2, 0.25) is 0 Å². The van der Waals surface area contributed by atoms with Gasteiger partial charge in [0.05, 0.1) is 0 Å². The van der Waals surface area contributed by atoms with Crippen LogP contribution < -0.4 is 9.47 Å². The van der Waals surface area contributed by atoms with E-state index in [1.807, 2.05) is 0 Å². The van der Waals surface area contributed by atoms with Gasteiger partial charge in [0.15, 0.2) is 0 Å². The van der Waals surface area contributed by atoms with Crippen molar-refractivity contribution < 1.29 is 27.4 Å². The number of alkyl halides is 3. The number of carbonyl (C=O) groups excluding carboxylic acids is 1. The van der Waals surface area contributed by atoms with Gasteiger partial charge in [-0.25, -0.2) is 4.79 Å². The molecule has 20 heavy (non-hydrogen) atoms. The monoisotopic (exact) mass is 282 g/mol. The summed E-state index contributed by atoms with van der Waals surface area (Å²) in [5, 5.41) is 0. The summed E-state index contributed by atoms with van der Waals surface area (Å²) in [4.78, 5) is 10.7. The lowest BCUT2D eigenvalue weighted by molar-refractivity contribution is -0.189. The highest BCUT2D eigenvalue weighted by Crippen LogP contribution is 2.26. The third-order valence-electron chi connectivity index (χ3n) is 2.23. The highest BCUT2D eigenvalue weighted by Gasteiger charge is 2.41. The topological polar surface area (TPSA) is 35.5 Å². The predicted octanol–water partition coefficient (Wildman–Crippen LogP) is 3.95. The molecule has 2 aromatic rings. The lowest BCUT2D eigenvalue weighted by Gasteiger charge is -2.09. The summed E-state index contributed by atoms with van der Waals surface area (Å²) in [6, 6.07) is 14.1. The van der Waals surface area contributed by atoms with Gasteiger partial charge in [0, 0.05) is 6.07 Å². The molecule has 0 saturated carbocycles. The van der Waals surface area contributed by atoms with Gasteiger partial charge < -0.3 is 9.47 Å². The van der Waals surface area contributed by atoms with Crippen LogP contribution in [0.5, 0.6) is 17.2 Å². The molecule has 0 aliphatic carbocycles. The van der Waals surface area contributed by atoms with Gasteiger partial charge in [-0.2, -0.15) is 13.2 Å². The van der Waals surface area contributed by atoms with Crippen molar-refractivity contribution in [2.45, 2.75) is 6.18 Å². The second-order valence-electron chi connectivity index (χ2n) is 3.78. The number of hydrogen-bond donors (Lipinski definition) is 0. The van der Waals surface area contributed by atoms with Gasteiger partial charge in [-0.3, -0.25) is 0 Å². The normalized spacial score (nSPS) is 10.9. The van der Waals surface area contributed by atoms with Crippen molar-refractivity contribution in [2.75, 3.05) is 0 Å². The lowest BCUT2D eigenvalue weighted by atomic mass is 10.3. The van der Waals surface area contributed by atoms with Gasteiger partial charge in [-0.1, -0.05) is 24.3 Å². The summed E-state index contributed by atoms with van der Waals surface area (Å²) in [5.41, 5.74) is 0. The van der Waals surface area contributed by atoms with E-state index in [9.17, 15) is 18.0 Å². The molecule has 0 N–H and O–H groups in total. The molecule has 2 aromatic carbocycles. The zero-order valence-electron chi connectivity index (χ0n) is 10.1. The summed E-state index contributed by atoms with van der Waals surface area (Å²) < 4.78 is 45.9. The summed E-state index contributed by atoms with van der Waals surface area (Å²) in [6.45, 7) is 0. The minimum atomic E-state index is -5.03. The number of esters is 1. The number of para-hydroxylation sites is 1. The highest BCUT2D eigenvalue weighted by molar-refractivity contribution is 5.78. The van der Waals surface area contributed by atoms with E-state index in [0.29, 0.717) is 5.75 Å². The van der Waals surface area contributed by atoms with Gasteiger partial charge in [-0.15, -0.1) is 0 Å². The van der Waals surface area contributed by atoms with Crippen LogP contribution in [-0.2, 0) is 4.79 Å². The van der Waals surface area contributed by atoms with E-state index in [1.54, 1.807) is 30.3 Å². The van der Waals surface area contributed by atoms with Crippen molar-refractivity contribution in [3.63, 3.8) is 0 Å². The lowest BCUT2D eigenvalue weighted by Crippen LogP contribution is -2.27. The Morgan fingerprint density at radius 2 is 1.45 bits per heavy atom. The molecule has 0 saturated heterocycles. The molecule has 0 spiro atoms. The van der Waals surface area contributed by atoms with E-state index in [1.165, 1.54) is 24.3 Å². The predicted molar refractivity (Wildman–Crippen MR) is 64.6 cm³/mol. The van der Waals surface area contributed by atoms with Crippen LogP contribution in [0.15, 0.2) is 54.6 Å². The zero-order chi connectivity index (χ0) is 14.6. The molecule has 6 heteroatoms. The van der Waals surface area contributed by atoms with Crippen molar-refractivity contribution in [1.29, 1.82) is 0 Å². The smallest absolute Gasteiger partial charge is 0.457 e. The first-order valence-corrected chi connectivity index (χ1v) is 5.57. The van der Waals surface area contributed by atoms with Crippen LogP contribution >= 0.6 is 0 Å². The van der Waals surface area contributed by atoms with Crippen molar-refractivity contribution in [3.8, 4) is 17.2 Å². The minimum Gasteiger partial charge on any atom is -0.457 e. The van der Waals surface area contributed by atoms with E-state index < -0.39 is 12.1 Å². The Kier molecular flexibility index (Phi) is 3.93. The third-order valence-corrected chi connectivity index (χ3v) is 2.23. The first kappa shape index (κ1) is 13.9. The van der Waals surface area contributed by atoms with Crippen LogP contribution in [0.25, 0.3) is 0 Å². The first-order valence-electron chi connectivity index (χ1n) is 5.57. The molecule has 0 fully saturated rings. The summed E-state index contributed by atoms with van der Waals surface area (Å²) >= 11 is 0. The number of hydrogen-bond acceptors (Lipinski definition) is 3. The van der Waals surface area contributed by atoms with E-state index in [-0.39, 0.29) is 11.5 Å². The second kappa shape index (κ2) is 5.64. The van der Waals surface area contributed by atoms with E-state index in [0.717, 1.165) is 0 Å². The molecular formula is C14H9F3O3. The molecule has 0 atom stereocenters. The molecule has 0 bridgehead atoms. The number of benzene rings is 2. The molecule has 0 amide bonds. The fraction of sp³-hybridized carbons (Fsp3) is 0.0714. The van der Waals surface area contributed by atoms with Crippen LogP contribution in [0.3, 0.4) is 0 Å². The molecule has 0 aliphatic rings. The maximum Gasteiger partial charge on any atom is 0.491 e. The molecule has 2 rings (SSSR count). The van der Waals surface area contributed by atoms with Gasteiger partial charge in [0.2, 0.25) is 0 Å². The van der Waals surface area contributed by atoms with E-state index in [2.05, 4.69) is 4.74 Å². The maximum absolute atomic E-state index is 12.1. The van der Waals surface area contributed by atoms with Crippen molar-refractivity contribution in [1.82, 2.24) is 0 Å². The van der Waals surface area contributed by atoms with Crippen molar-refractivity contribution >= 4 is 5.97 Å². The number of rotatable bonds is 3. The van der Waals surface area contributed by atoms with Crippen LogP contribution in [-0.4, -0.2) is 12.1 Å². The summed E-state index contributed by atoms with van der Waals surface area (Å²) in [7, 11) is 0. The molecule has 0 aliphatic heterocycles. The van der Waals surface area contributed by atoms with E-state index in [4.69, 9.17) is 4.74 Å². The van der Waals surface area contributed by atoms with Crippen LogP contribution in [0, 0.1) is 0 Å². The largest absolute Gasteiger partial charge is 0.491 e. The quantitative estimate of drug-likeness (QED) is 0.631. The fourth-order valence-electron chi connectivity index (χ4n) is 1.39. The Balaban J connectivity index is 2.10. The highest BCUT2D eigenvalue weighted by atomic mass is 19.4. The van der Waals surface area contributed by atoms with Gasteiger partial charge in [0.25, 0.3) is 0 Å². The Labute approximate surface area is 112 Å². The molecule has 0 unspecified atom stereocenters. The number of halogens is 3. The minimum absolute atomic E-state index is 0.235. The third kappa shape index (κ3) is 3.74. The first-order chi connectivity index (χ1) is 9.45. The Bertz CT molecular complexity index is 594. The van der Waals surface area contributed by atoms with Crippen LogP contribution in [0.4, 0.5) is 13.2 Å². The second-order valence-corrected chi connectivity index (χ2v) is 3.78. The number of ether oxygens (including phenoxy) is 2. The van der Waals surface area contributed by atoms with Crippen molar-refractivity contribution in [3.05, 3.63) is 54.6 Å². The maximum atomic E-state index is 12.1. The molecule has 0 radical (unpaired) electrons. The molecule has 104 valence electrons. The Morgan fingerprint density at radius 3 is 2.10 bits per heavy atom. The average molecular weight is 282 g/mol. The Morgan fingerprint density at radius 1 is 0.850 bits per heavy atom. The van der Waals surface area contributed by atoms with Gasteiger partial charge >= 0.3 is 12.1 Å². The molecular weight excluding hydrogens is 273 g/mol. The molecule has 0 aromatic heterocycles. The molecule has 0 heterocycles. The van der Waals surface area contributed by atoms with Crippen molar-refractivity contribution in [2.24, 2.45) is 0 Å². The number of carbonyl (C=O) groups is 1. The summed E-state index contributed by atoms with van der Waals surface area (Å²) in [5.74, 6) is -1.72. The van der Waals surface area contributed by atoms with Gasteiger partial charge in [-0.05, 0) is 24.3 Å². The van der Waals surface area contributed by atoms with Gasteiger partial charge in [0.1, 0.15) is 17.2 Å². The average Bonchev–Trinajstić information content (AvgIpc) is 2.39.